The molecule has 0 bridgehead atoms. The molecule has 0 amide bonds. The summed E-state index contributed by atoms with van der Waals surface area (Å²) in [5.74, 6) is 2.21. The number of hydrogen-bond donors (Lipinski definition) is 2. The standard InChI is InChI=1S/C11H14N4O3/c1-16-8-4-7(14-11-12-6-13-15-11)5-9(17-2)10(8)18-3/h4-6H,1-3H3,(H2,12,13,14,15). The van der Waals surface area contributed by atoms with E-state index in [0.717, 1.165) is 5.69 Å². The zero-order chi connectivity index (χ0) is 13.0. The number of methoxy groups -OCH3 is 3. The molecule has 7 heteroatoms. The number of aromatic nitrogens is 3. The van der Waals surface area contributed by atoms with E-state index in [1.807, 2.05) is 0 Å². The van der Waals surface area contributed by atoms with Gasteiger partial charge in [-0.3, -0.25) is 0 Å². The van der Waals surface area contributed by atoms with Gasteiger partial charge in [-0.2, -0.15) is 10.1 Å². The summed E-state index contributed by atoms with van der Waals surface area (Å²) in [6.45, 7) is 0. The molecule has 1 heterocycles. The summed E-state index contributed by atoms with van der Waals surface area (Å²) < 4.78 is 15.7. The first-order valence-electron chi connectivity index (χ1n) is 5.21. The fourth-order valence-electron chi connectivity index (χ4n) is 1.56. The van der Waals surface area contributed by atoms with Crippen molar-refractivity contribution in [2.45, 2.75) is 0 Å². The maximum absolute atomic E-state index is 5.25. The number of rotatable bonds is 5. The summed E-state index contributed by atoms with van der Waals surface area (Å²) in [5, 5.41) is 9.50. The number of anilines is 2. The molecule has 0 saturated carbocycles. The van der Waals surface area contributed by atoms with Gasteiger partial charge < -0.3 is 19.5 Å². The van der Waals surface area contributed by atoms with Gasteiger partial charge in [0.15, 0.2) is 11.5 Å². The van der Waals surface area contributed by atoms with Crippen molar-refractivity contribution in [2.75, 3.05) is 26.6 Å². The second-order valence-electron chi connectivity index (χ2n) is 3.37. The van der Waals surface area contributed by atoms with Crippen LogP contribution in [0.1, 0.15) is 0 Å². The third-order valence-electron chi connectivity index (χ3n) is 2.34. The number of H-pyrrole nitrogens is 1. The number of hydrogen-bond acceptors (Lipinski definition) is 6. The lowest BCUT2D eigenvalue weighted by Crippen LogP contribution is -1.98. The minimum atomic E-state index is 0.532. The molecule has 18 heavy (non-hydrogen) atoms. The molecule has 7 nitrogen and oxygen atoms in total. The van der Waals surface area contributed by atoms with Crippen molar-refractivity contribution in [3.63, 3.8) is 0 Å². The minimum absolute atomic E-state index is 0.532. The molecule has 0 aliphatic carbocycles. The highest BCUT2D eigenvalue weighted by atomic mass is 16.5. The van der Waals surface area contributed by atoms with Crippen LogP contribution in [0.15, 0.2) is 18.5 Å². The fourth-order valence-corrected chi connectivity index (χ4v) is 1.56. The Labute approximate surface area is 104 Å². The quantitative estimate of drug-likeness (QED) is 0.838. The Hall–Kier alpha value is -2.44. The second-order valence-corrected chi connectivity index (χ2v) is 3.37. The van der Waals surface area contributed by atoms with Crippen LogP contribution in [0, 0.1) is 0 Å². The molecule has 0 aliphatic heterocycles. The number of nitrogens with zero attached hydrogens (tertiary/aromatic N) is 2. The van der Waals surface area contributed by atoms with E-state index >= 15 is 0 Å². The van der Waals surface area contributed by atoms with Crippen LogP contribution in [0.4, 0.5) is 11.6 Å². The van der Waals surface area contributed by atoms with Gasteiger partial charge in [-0.1, -0.05) is 0 Å². The first kappa shape index (κ1) is 12.0. The Kier molecular flexibility index (Phi) is 3.52. The van der Waals surface area contributed by atoms with Crippen LogP contribution in [0.5, 0.6) is 17.2 Å². The number of nitrogens with one attached hydrogen (secondary N) is 2. The topological polar surface area (TPSA) is 81.3 Å². The van der Waals surface area contributed by atoms with Gasteiger partial charge in [0.1, 0.15) is 6.33 Å². The van der Waals surface area contributed by atoms with Crippen molar-refractivity contribution in [1.82, 2.24) is 15.2 Å². The molecular formula is C11H14N4O3. The van der Waals surface area contributed by atoms with Gasteiger partial charge in [-0.25, -0.2) is 5.10 Å². The van der Waals surface area contributed by atoms with Crippen LogP contribution in [-0.2, 0) is 0 Å². The first-order chi connectivity index (χ1) is 8.78. The highest BCUT2D eigenvalue weighted by Crippen LogP contribution is 2.40. The summed E-state index contributed by atoms with van der Waals surface area (Å²) in [7, 11) is 4.69. The second kappa shape index (κ2) is 5.26. The smallest absolute Gasteiger partial charge is 0.222 e. The molecule has 2 aromatic rings. The van der Waals surface area contributed by atoms with Crippen LogP contribution in [0.25, 0.3) is 0 Å². The Balaban J connectivity index is 2.37. The van der Waals surface area contributed by atoms with Crippen LogP contribution in [0.2, 0.25) is 0 Å². The van der Waals surface area contributed by atoms with Gasteiger partial charge in [0.2, 0.25) is 11.7 Å². The largest absolute Gasteiger partial charge is 0.493 e. The van der Waals surface area contributed by atoms with Crippen LogP contribution < -0.4 is 19.5 Å². The molecule has 1 aromatic carbocycles. The number of ether oxygens (including phenoxy) is 3. The van der Waals surface area contributed by atoms with Crippen molar-refractivity contribution in [3.8, 4) is 17.2 Å². The average Bonchev–Trinajstić information content (AvgIpc) is 2.90. The summed E-state index contributed by atoms with van der Waals surface area (Å²) in [6, 6.07) is 3.56. The Bertz CT molecular complexity index is 488. The average molecular weight is 250 g/mol. The van der Waals surface area contributed by atoms with Crippen molar-refractivity contribution in [2.24, 2.45) is 0 Å². The molecule has 0 radical (unpaired) electrons. The van der Waals surface area contributed by atoms with E-state index in [4.69, 9.17) is 14.2 Å². The third-order valence-corrected chi connectivity index (χ3v) is 2.34. The molecule has 2 N–H and O–H groups in total. The minimum Gasteiger partial charge on any atom is -0.493 e. The first-order valence-corrected chi connectivity index (χ1v) is 5.21. The third kappa shape index (κ3) is 2.29. The molecule has 0 aliphatic rings. The van der Waals surface area contributed by atoms with Crippen molar-refractivity contribution in [3.05, 3.63) is 18.5 Å². The Morgan fingerprint density at radius 3 is 2.17 bits per heavy atom. The van der Waals surface area contributed by atoms with E-state index in [0.29, 0.717) is 23.2 Å². The molecule has 0 fully saturated rings. The van der Waals surface area contributed by atoms with E-state index in [-0.39, 0.29) is 0 Å². The molecule has 1 aromatic heterocycles. The van der Waals surface area contributed by atoms with E-state index in [9.17, 15) is 0 Å². The van der Waals surface area contributed by atoms with Crippen molar-refractivity contribution < 1.29 is 14.2 Å². The van der Waals surface area contributed by atoms with E-state index in [2.05, 4.69) is 20.5 Å². The monoisotopic (exact) mass is 250 g/mol. The fraction of sp³-hybridized carbons (Fsp3) is 0.273. The Morgan fingerprint density at radius 2 is 1.72 bits per heavy atom. The van der Waals surface area contributed by atoms with Gasteiger partial charge >= 0.3 is 0 Å². The highest BCUT2D eigenvalue weighted by molar-refractivity contribution is 5.65. The highest BCUT2D eigenvalue weighted by Gasteiger charge is 2.13. The lowest BCUT2D eigenvalue weighted by molar-refractivity contribution is 0.324. The van der Waals surface area contributed by atoms with Crippen LogP contribution in [0.3, 0.4) is 0 Å². The zero-order valence-corrected chi connectivity index (χ0v) is 10.4. The van der Waals surface area contributed by atoms with Gasteiger partial charge in [0.05, 0.1) is 21.3 Å². The maximum atomic E-state index is 5.25. The maximum Gasteiger partial charge on any atom is 0.222 e. The van der Waals surface area contributed by atoms with Crippen molar-refractivity contribution in [1.29, 1.82) is 0 Å². The predicted octanol–water partition coefficient (Wildman–Crippen LogP) is 1.57. The predicted molar refractivity (Wildman–Crippen MR) is 65.8 cm³/mol. The molecule has 0 spiro atoms. The zero-order valence-electron chi connectivity index (χ0n) is 10.4. The molecule has 0 saturated heterocycles. The lowest BCUT2D eigenvalue weighted by atomic mass is 10.2. The van der Waals surface area contributed by atoms with E-state index < -0.39 is 0 Å². The molecule has 0 atom stereocenters. The SMILES string of the molecule is COc1cc(Nc2ncn[nH]2)cc(OC)c1OC. The van der Waals surface area contributed by atoms with Gasteiger partial charge in [0, 0.05) is 17.8 Å². The van der Waals surface area contributed by atoms with Gasteiger partial charge in [0.25, 0.3) is 0 Å². The number of aromatic amines is 1. The summed E-state index contributed by atoms with van der Waals surface area (Å²) in [4.78, 5) is 3.97. The van der Waals surface area contributed by atoms with E-state index in [1.165, 1.54) is 6.33 Å². The normalized spacial score (nSPS) is 9.94. The summed E-state index contributed by atoms with van der Waals surface area (Å²) >= 11 is 0. The summed E-state index contributed by atoms with van der Waals surface area (Å²) in [6.07, 6.45) is 1.42. The van der Waals surface area contributed by atoms with Gasteiger partial charge in [-0.15, -0.1) is 0 Å². The molecular weight excluding hydrogens is 236 g/mol. The molecule has 2 rings (SSSR count). The lowest BCUT2D eigenvalue weighted by Gasteiger charge is -2.14. The summed E-state index contributed by atoms with van der Waals surface area (Å²) in [5.41, 5.74) is 0.751. The van der Waals surface area contributed by atoms with Crippen LogP contribution in [-0.4, -0.2) is 36.5 Å². The van der Waals surface area contributed by atoms with Crippen LogP contribution >= 0.6 is 0 Å². The molecule has 96 valence electrons. The molecule has 0 unspecified atom stereocenters. The Morgan fingerprint density at radius 1 is 1.06 bits per heavy atom. The van der Waals surface area contributed by atoms with E-state index in [1.54, 1.807) is 33.5 Å². The number of benzene rings is 1. The van der Waals surface area contributed by atoms with Gasteiger partial charge in [-0.05, 0) is 0 Å². The van der Waals surface area contributed by atoms with Crippen molar-refractivity contribution >= 4 is 11.6 Å².